The van der Waals surface area contributed by atoms with E-state index in [2.05, 4.69) is 22.0 Å². The normalized spacial score (nSPS) is 13.6. The molecule has 104 valence electrons. The van der Waals surface area contributed by atoms with E-state index in [1.54, 1.807) is 23.5 Å². The van der Waals surface area contributed by atoms with E-state index in [9.17, 15) is 0 Å². The SMILES string of the molecule is Cc1ccc(C#N)cc1OC(c1ccc(Br)s1)C(C)N. The fraction of sp³-hybridized carbons (Fsp3) is 0.267. The molecule has 0 bridgehead atoms. The fourth-order valence-electron chi connectivity index (χ4n) is 1.84. The van der Waals surface area contributed by atoms with Crippen molar-refractivity contribution in [2.45, 2.75) is 26.0 Å². The predicted molar refractivity (Wildman–Crippen MR) is 84.9 cm³/mol. The summed E-state index contributed by atoms with van der Waals surface area (Å²) in [6, 6.07) is 11.4. The molecule has 0 aliphatic rings. The molecule has 0 saturated heterocycles. The van der Waals surface area contributed by atoms with Crippen molar-refractivity contribution >= 4 is 27.3 Å². The highest BCUT2D eigenvalue weighted by Gasteiger charge is 2.21. The summed E-state index contributed by atoms with van der Waals surface area (Å²) in [5.41, 5.74) is 7.62. The molecule has 0 radical (unpaired) electrons. The van der Waals surface area contributed by atoms with Crippen LogP contribution in [0.5, 0.6) is 5.75 Å². The van der Waals surface area contributed by atoms with E-state index in [4.69, 9.17) is 15.7 Å². The van der Waals surface area contributed by atoms with Gasteiger partial charge in [-0.3, -0.25) is 0 Å². The Hall–Kier alpha value is -1.35. The maximum Gasteiger partial charge on any atom is 0.148 e. The third-order valence-corrected chi connectivity index (χ3v) is 4.61. The Labute approximate surface area is 131 Å². The van der Waals surface area contributed by atoms with E-state index < -0.39 is 0 Å². The van der Waals surface area contributed by atoms with E-state index in [0.29, 0.717) is 11.3 Å². The highest BCUT2D eigenvalue weighted by Crippen LogP contribution is 2.33. The van der Waals surface area contributed by atoms with Crippen LogP contribution in [0.3, 0.4) is 0 Å². The third kappa shape index (κ3) is 3.40. The number of aryl methyl sites for hydroxylation is 1. The Kier molecular flexibility index (Phi) is 4.81. The van der Waals surface area contributed by atoms with Crippen LogP contribution in [0, 0.1) is 18.3 Å². The van der Waals surface area contributed by atoms with Crippen LogP contribution in [0.1, 0.15) is 29.0 Å². The van der Waals surface area contributed by atoms with E-state index in [0.717, 1.165) is 14.2 Å². The van der Waals surface area contributed by atoms with E-state index in [1.807, 2.05) is 32.0 Å². The van der Waals surface area contributed by atoms with Gasteiger partial charge in [0.05, 0.1) is 15.4 Å². The summed E-state index contributed by atoms with van der Waals surface area (Å²) in [6.07, 6.45) is -0.223. The largest absolute Gasteiger partial charge is 0.483 e. The lowest BCUT2D eigenvalue weighted by Crippen LogP contribution is -2.28. The predicted octanol–water partition coefficient (Wildman–Crippen LogP) is 4.16. The number of halogens is 1. The Morgan fingerprint density at radius 3 is 2.65 bits per heavy atom. The summed E-state index contributed by atoms with van der Waals surface area (Å²) in [6.45, 7) is 3.88. The number of ether oxygens (including phenoxy) is 1. The van der Waals surface area contributed by atoms with Gasteiger partial charge in [-0.05, 0) is 59.6 Å². The van der Waals surface area contributed by atoms with Gasteiger partial charge in [0.15, 0.2) is 0 Å². The van der Waals surface area contributed by atoms with Crippen molar-refractivity contribution < 1.29 is 4.74 Å². The first-order chi connectivity index (χ1) is 9.51. The van der Waals surface area contributed by atoms with Crippen LogP contribution in [-0.4, -0.2) is 6.04 Å². The van der Waals surface area contributed by atoms with Crippen molar-refractivity contribution in [1.82, 2.24) is 0 Å². The molecule has 0 amide bonds. The lowest BCUT2D eigenvalue weighted by molar-refractivity contribution is 0.183. The molecule has 2 atom stereocenters. The lowest BCUT2D eigenvalue weighted by Gasteiger charge is -2.22. The second-order valence-corrected chi connectivity index (χ2v) is 7.13. The number of hydrogen-bond donors (Lipinski definition) is 1. The minimum atomic E-state index is -0.223. The third-order valence-electron chi connectivity index (χ3n) is 2.92. The Bertz CT molecular complexity index is 646. The molecule has 2 aromatic rings. The van der Waals surface area contributed by atoms with Gasteiger partial charge in [-0.1, -0.05) is 6.07 Å². The first kappa shape index (κ1) is 15.0. The second kappa shape index (κ2) is 6.40. The second-order valence-electron chi connectivity index (χ2n) is 4.63. The van der Waals surface area contributed by atoms with Gasteiger partial charge in [0.2, 0.25) is 0 Å². The lowest BCUT2D eigenvalue weighted by atomic mass is 10.1. The molecule has 0 spiro atoms. The summed E-state index contributed by atoms with van der Waals surface area (Å²) in [4.78, 5) is 1.06. The van der Waals surface area contributed by atoms with E-state index in [1.165, 1.54) is 0 Å². The number of nitrogens with zero attached hydrogens (tertiary/aromatic N) is 1. The number of nitriles is 1. The summed E-state index contributed by atoms with van der Waals surface area (Å²) >= 11 is 5.06. The molecule has 0 aliphatic carbocycles. The molecular weight excluding hydrogens is 336 g/mol. The summed E-state index contributed by atoms with van der Waals surface area (Å²) in [7, 11) is 0. The topological polar surface area (TPSA) is 59.0 Å². The first-order valence-corrected chi connectivity index (χ1v) is 7.80. The molecule has 2 unspecified atom stereocenters. The highest BCUT2D eigenvalue weighted by atomic mass is 79.9. The van der Waals surface area contributed by atoms with Crippen molar-refractivity contribution in [3.63, 3.8) is 0 Å². The van der Waals surface area contributed by atoms with Crippen LogP contribution >= 0.6 is 27.3 Å². The number of benzene rings is 1. The van der Waals surface area contributed by atoms with Crippen LogP contribution in [0.25, 0.3) is 0 Å². The Balaban J connectivity index is 2.32. The van der Waals surface area contributed by atoms with Crippen LogP contribution in [0.15, 0.2) is 34.1 Å². The number of nitrogens with two attached hydrogens (primary N) is 1. The highest BCUT2D eigenvalue weighted by molar-refractivity contribution is 9.11. The minimum Gasteiger partial charge on any atom is -0.483 e. The number of hydrogen-bond acceptors (Lipinski definition) is 4. The summed E-state index contributed by atoms with van der Waals surface area (Å²) in [5.74, 6) is 0.705. The van der Waals surface area contributed by atoms with Crippen molar-refractivity contribution in [1.29, 1.82) is 5.26 Å². The zero-order valence-corrected chi connectivity index (χ0v) is 13.7. The summed E-state index contributed by atoms with van der Waals surface area (Å²) < 4.78 is 7.11. The number of rotatable bonds is 4. The van der Waals surface area contributed by atoms with Gasteiger partial charge in [0.1, 0.15) is 11.9 Å². The van der Waals surface area contributed by atoms with Crippen LogP contribution in [-0.2, 0) is 0 Å². The van der Waals surface area contributed by atoms with Gasteiger partial charge in [0.25, 0.3) is 0 Å². The molecule has 2 rings (SSSR count). The smallest absolute Gasteiger partial charge is 0.148 e. The first-order valence-electron chi connectivity index (χ1n) is 6.19. The van der Waals surface area contributed by atoms with Crippen molar-refractivity contribution in [2.24, 2.45) is 5.73 Å². The van der Waals surface area contributed by atoms with Crippen LogP contribution in [0.4, 0.5) is 0 Å². The number of thiophene rings is 1. The zero-order valence-electron chi connectivity index (χ0n) is 11.3. The molecular formula is C15H15BrN2OS. The van der Waals surface area contributed by atoms with Gasteiger partial charge < -0.3 is 10.5 Å². The molecule has 0 fully saturated rings. The quantitative estimate of drug-likeness (QED) is 0.900. The average Bonchev–Trinajstić information content (AvgIpc) is 2.83. The fourth-order valence-corrected chi connectivity index (χ4v) is 3.41. The summed E-state index contributed by atoms with van der Waals surface area (Å²) in [5, 5.41) is 8.98. The molecule has 0 aliphatic heterocycles. The molecule has 5 heteroatoms. The van der Waals surface area contributed by atoms with Gasteiger partial charge in [-0.15, -0.1) is 11.3 Å². The van der Waals surface area contributed by atoms with Gasteiger partial charge >= 0.3 is 0 Å². The van der Waals surface area contributed by atoms with Crippen molar-refractivity contribution in [3.8, 4) is 11.8 Å². The monoisotopic (exact) mass is 350 g/mol. The molecule has 2 N–H and O–H groups in total. The molecule has 20 heavy (non-hydrogen) atoms. The van der Waals surface area contributed by atoms with Gasteiger partial charge in [0, 0.05) is 10.9 Å². The zero-order chi connectivity index (χ0) is 14.7. The molecule has 1 heterocycles. The molecule has 1 aromatic carbocycles. The molecule has 3 nitrogen and oxygen atoms in total. The molecule has 1 aromatic heterocycles. The average molecular weight is 351 g/mol. The van der Waals surface area contributed by atoms with E-state index in [-0.39, 0.29) is 12.1 Å². The van der Waals surface area contributed by atoms with Gasteiger partial charge in [-0.2, -0.15) is 5.26 Å². The van der Waals surface area contributed by atoms with Crippen molar-refractivity contribution in [2.75, 3.05) is 0 Å². The van der Waals surface area contributed by atoms with Crippen molar-refractivity contribution in [3.05, 3.63) is 50.1 Å². The Morgan fingerprint density at radius 2 is 2.10 bits per heavy atom. The Morgan fingerprint density at radius 1 is 1.35 bits per heavy atom. The van der Waals surface area contributed by atoms with Gasteiger partial charge in [-0.25, -0.2) is 0 Å². The maximum absolute atomic E-state index is 8.98. The van der Waals surface area contributed by atoms with Crippen LogP contribution in [0.2, 0.25) is 0 Å². The van der Waals surface area contributed by atoms with Crippen LogP contribution < -0.4 is 10.5 Å². The molecule has 0 saturated carbocycles. The van der Waals surface area contributed by atoms with E-state index >= 15 is 0 Å². The standard InChI is InChI=1S/C15H15BrN2OS/c1-9-3-4-11(8-17)7-12(9)19-15(10(2)18)13-5-6-14(16)20-13/h3-7,10,15H,18H2,1-2H3. The minimum absolute atomic E-state index is 0.148. The maximum atomic E-state index is 8.98.